The normalized spacial score (nSPS) is 12.0. The summed E-state index contributed by atoms with van der Waals surface area (Å²) in [4.78, 5) is 14.0. The SMILES string of the molecule is CC(N)CCC(=O)N(Cc1ccccc1F)c1ccc(F)cc1. The van der Waals surface area contributed by atoms with Gasteiger partial charge in [0.15, 0.2) is 0 Å². The van der Waals surface area contributed by atoms with Gasteiger partial charge in [0.2, 0.25) is 5.91 Å². The quantitative estimate of drug-likeness (QED) is 0.884. The van der Waals surface area contributed by atoms with Gasteiger partial charge in [0.25, 0.3) is 0 Å². The number of rotatable bonds is 6. The van der Waals surface area contributed by atoms with E-state index in [0.717, 1.165) is 0 Å². The Morgan fingerprint density at radius 1 is 1.13 bits per heavy atom. The summed E-state index contributed by atoms with van der Waals surface area (Å²) in [6.07, 6.45) is 0.789. The minimum Gasteiger partial charge on any atom is -0.328 e. The van der Waals surface area contributed by atoms with Gasteiger partial charge in [-0.3, -0.25) is 4.79 Å². The molecule has 0 bridgehead atoms. The first-order chi connectivity index (χ1) is 11.0. The van der Waals surface area contributed by atoms with Crippen molar-refractivity contribution in [2.45, 2.75) is 32.4 Å². The molecule has 23 heavy (non-hydrogen) atoms. The molecule has 3 nitrogen and oxygen atoms in total. The van der Waals surface area contributed by atoms with Crippen molar-refractivity contribution in [2.24, 2.45) is 5.73 Å². The lowest BCUT2D eigenvalue weighted by molar-refractivity contribution is -0.118. The molecule has 0 aromatic heterocycles. The Bertz CT molecular complexity index is 656. The van der Waals surface area contributed by atoms with Crippen molar-refractivity contribution in [1.82, 2.24) is 0 Å². The molecule has 1 atom stereocenters. The summed E-state index contributed by atoms with van der Waals surface area (Å²) in [6.45, 7) is 1.92. The molecule has 0 spiro atoms. The fourth-order valence-corrected chi connectivity index (χ4v) is 2.23. The lowest BCUT2D eigenvalue weighted by atomic mass is 10.1. The zero-order valence-electron chi connectivity index (χ0n) is 13.0. The Morgan fingerprint density at radius 3 is 2.39 bits per heavy atom. The molecular formula is C18H20F2N2O. The number of anilines is 1. The first-order valence-electron chi connectivity index (χ1n) is 7.52. The standard InChI is InChI=1S/C18H20F2N2O/c1-13(21)6-11-18(23)22(16-9-7-15(19)8-10-16)12-14-4-2-3-5-17(14)20/h2-5,7-10,13H,6,11-12,21H2,1H3. The zero-order chi connectivity index (χ0) is 16.8. The second-order valence-electron chi connectivity index (χ2n) is 5.56. The first-order valence-corrected chi connectivity index (χ1v) is 7.52. The van der Waals surface area contributed by atoms with Crippen LogP contribution in [0.15, 0.2) is 48.5 Å². The summed E-state index contributed by atoms with van der Waals surface area (Å²) < 4.78 is 27.0. The summed E-state index contributed by atoms with van der Waals surface area (Å²) >= 11 is 0. The molecule has 0 radical (unpaired) electrons. The highest BCUT2D eigenvalue weighted by molar-refractivity contribution is 5.93. The molecule has 1 amide bonds. The van der Waals surface area contributed by atoms with Crippen LogP contribution < -0.4 is 10.6 Å². The van der Waals surface area contributed by atoms with Gasteiger partial charge in [-0.05, 0) is 43.7 Å². The minimum absolute atomic E-state index is 0.0933. The van der Waals surface area contributed by atoms with Gasteiger partial charge < -0.3 is 10.6 Å². The Morgan fingerprint density at radius 2 is 1.78 bits per heavy atom. The summed E-state index contributed by atoms with van der Waals surface area (Å²) in [6, 6.07) is 11.8. The van der Waals surface area contributed by atoms with Gasteiger partial charge in [-0.1, -0.05) is 18.2 Å². The number of carbonyl (C=O) groups is 1. The van der Waals surface area contributed by atoms with Gasteiger partial charge in [-0.2, -0.15) is 0 Å². The van der Waals surface area contributed by atoms with Crippen LogP contribution in [-0.2, 0) is 11.3 Å². The van der Waals surface area contributed by atoms with E-state index >= 15 is 0 Å². The predicted molar refractivity (Wildman–Crippen MR) is 86.9 cm³/mol. The van der Waals surface area contributed by atoms with Gasteiger partial charge in [-0.15, -0.1) is 0 Å². The third-order valence-corrected chi connectivity index (χ3v) is 3.54. The van der Waals surface area contributed by atoms with Gasteiger partial charge in [-0.25, -0.2) is 8.78 Å². The van der Waals surface area contributed by atoms with E-state index in [1.54, 1.807) is 18.2 Å². The van der Waals surface area contributed by atoms with Gasteiger partial charge >= 0.3 is 0 Å². The fourth-order valence-electron chi connectivity index (χ4n) is 2.23. The number of nitrogens with two attached hydrogens (primary N) is 1. The van der Waals surface area contributed by atoms with Crippen LogP contribution in [-0.4, -0.2) is 11.9 Å². The smallest absolute Gasteiger partial charge is 0.227 e. The van der Waals surface area contributed by atoms with E-state index < -0.39 is 0 Å². The van der Waals surface area contributed by atoms with E-state index in [2.05, 4.69) is 0 Å². The minimum atomic E-state index is -0.386. The molecule has 2 aromatic rings. The van der Waals surface area contributed by atoms with Crippen LogP contribution in [0.3, 0.4) is 0 Å². The molecule has 0 fully saturated rings. The van der Waals surface area contributed by atoms with Crippen molar-refractivity contribution in [3.8, 4) is 0 Å². The van der Waals surface area contributed by atoms with E-state index in [1.807, 2.05) is 6.92 Å². The molecule has 0 aliphatic rings. The largest absolute Gasteiger partial charge is 0.328 e. The molecule has 2 N–H and O–H groups in total. The highest BCUT2D eigenvalue weighted by Crippen LogP contribution is 2.21. The highest BCUT2D eigenvalue weighted by atomic mass is 19.1. The van der Waals surface area contributed by atoms with Crippen LogP contribution in [0.1, 0.15) is 25.3 Å². The van der Waals surface area contributed by atoms with Gasteiger partial charge in [0.05, 0.1) is 6.54 Å². The maximum atomic E-state index is 13.9. The number of hydrogen-bond acceptors (Lipinski definition) is 2. The van der Waals surface area contributed by atoms with Crippen molar-refractivity contribution in [3.05, 3.63) is 65.7 Å². The highest BCUT2D eigenvalue weighted by Gasteiger charge is 2.18. The number of carbonyl (C=O) groups excluding carboxylic acids is 1. The molecule has 0 aliphatic carbocycles. The van der Waals surface area contributed by atoms with Crippen molar-refractivity contribution in [2.75, 3.05) is 4.90 Å². The van der Waals surface area contributed by atoms with E-state index in [4.69, 9.17) is 5.73 Å². The monoisotopic (exact) mass is 318 g/mol. The average Bonchev–Trinajstić information content (AvgIpc) is 2.53. The molecule has 5 heteroatoms. The van der Waals surface area contributed by atoms with Crippen LogP contribution in [0, 0.1) is 11.6 Å². The molecular weight excluding hydrogens is 298 g/mol. The second kappa shape index (κ2) is 7.83. The van der Waals surface area contributed by atoms with E-state index in [0.29, 0.717) is 17.7 Å². The van der Waals surface area contributed by atoms with Gasteiger partial charge in [0, 0.05) is 23.7 Å². The third-order valence-electron chi connectivity index (χ3n) is 3.54. The van der Waals surface area contributed by atoms with Crippen molar-refractivity contribution in [3.63, 3.8) is 0 Å². The van der Waals surface area contributed by atoms with Crippen LogP contribution in [0.5, 0.6) is 0 Å². The topological polar surface area (TPSA) is 46.3 Å². The van der Waals surface area contributed by atoms with E-state index in [-0.39, 0.29) is 36.5 Å². The molecule has 0 aliphatic heterocycles. The molecule has 2 rings (SSSR count). The van der Waals surface area contributed by atoms with Crippen LogP contribution in [0.2, 0.25) is 0 Å². The molecule has 0 saturated heterocycles. The van der Waals surface area contributed by atoms with E-state index in [9.17, 15) is 13.6 Å². The lowest BCUT2D eigenvalue weighted by Gasteiger charge is -2.24. The Balaban J connectivity index is 2.25. The first kappa shape index (κ1) is 17.1. The Hall–Kier alpha value is -2.27. The maximum Gasteiger partial charge on any atom is 0.227 e. The summed E-state index contributed by atoms with van der Waals surface area (Å²) in [5.74, 6) is -0.931. The molecule has 2 aromatic carbocycles. The molecule has 122 valence electrons. The number of amides is 1. The zero-order valence-corrected chi connectivity index (χ0v) is 13.0. The maximum absolute atomic E-state index is 13.9. The van der Waals surface area contributed by atoms with Crippen molar-refractivity contribution >= 4 is 11.6 Å². The number of hydrogen-bond donors (Lipinski definition) is 1. The van der Waals surface area contributed by atoms with Crippen LogP contribution >= 0.6 is 0 Å². The van der Waals surface area contributed by atoms with E-state index in [1.165, 1.54) is 35.2 Å². The second-order valence-corrected chi connectivity index (χ2v) is 5.56. The Kier molecular flexibility index (Phi) is 5.82. The summed E-state index contributed by atoms with van der Waals surface area (Å²) in [5.41, 5.74) is 6.64. The number of benzene rings is 2. The Labute approximate surface area is 134 Å². The molecule has 1 unspecified atom stereocenters. The number of nitrogens with zero attached hydrogens (tertiary/aromatic N) is 1. The van der Waals surface area contributed by atoms with Crippen LogP contribution in [0.4, 0.5) is 14.5 Å². The van der Waals surface area contributed by atoms with Crippen molar-refractivity contribution in [1.29, 1.82) is 0 Å². The average molecular weight is 318 g/mol. The summed E-state index contributed by atoms with van der Waals surface area (Å²) in [7, 11) is 0. The lowest BCUT2D eigenvalue weighted by Crippen LogP contribution is -2.32. The van der Waals surface area contributed by atoms with Crippen LogP contribution in [0.25, 0.3) is 0 Å². The predicted octanol–water partition coefficient (Wildman–Crippen LogP) is 3.63. The third kappa shape index (κ3) is 4.86. The molecule has 0 heterocycles. The number of halogens is 2. The van der Waals surface area contributed by atoms with Gasteiger partial charge in [0.1, 0.15) is 11.6 Å². The van der Waals surface area contributed by atoms with Crippen molar-refractivity contribution < 1.29 is 13.6 Å². The fraction of sp³-hybridized carbons (Fsp3) is 0.278. The molecule has 0 saturated carbocycles. The summed E-state index contributed by atoms with van der Waals surface area (Å²) in [5, 5.41) is 0.